The molecule has 0 saturated heterocycles. The molecule has 0 radical (unpaired) electrons. The summed E-state index contributed by atoms with van der Waals surface area (Å²) in [6, 6.07) is 17.1. The number of carbonyl (C=O) groups excluding carboxylic acids is 1. The van der Waals surface area contributed by atoms with Gasteiger partial charge in [-0.25, -0.2) is 8.97 Å². The van der Waals surface area contributed by atoms with Crippen LogP contribution < -0.4 is 5.56 Å². The van der Waals surface area contributed by atoms with E-state index >= 15 is 0 Å². The Hall–Kier alpha value is -3.23. The van der Waals surface area contributed by atoms with Crippen molar-refractivity contribution in [1.82, 2.24) is 19.2 Å². The second kappa shape index (κ2) is 7.97. The standard InChI is InChI=1S/C25H20N4O2S2/c1-15-7-5-10-17(13-15)28-22(31)21-18-11-6-12-20(18)33-23(21)29-24(28)26-27-25(29)32-14-19(30)16-8-3-2-4-9-16/h2-5,7-10,13H,6,11-12,14H2,1H3. The van der Waals surface area contributed by atoms with Crippen molar-refractivity contribution in [2.24, 2.45) is 0 Å². The molecule has 0 N–H and O–H groups in total. The molecule has 6 nitrogen and oxygen atoms in total. The molecule has 2 aromatic carbocycles. The first kappa shape index (κ1) is 20.4. The van der Waals surface area contributed by atoms with Crippen molar-refractivity contribution in [3.63, 3.8) is 0 Å². The summed E-state index contributed by atoms with van der Waals surface area (Å²) in [7, 11) is 0. The third kappa shape index (κ3) is 3.32. The van der Waals surface area contributed by atoms with E-state index in [0.29, 0.717) is 16.5 Å². The lowest BCUT2D eigenvalue weighted by Crippen LogP contribution is -2.22. The molecule has 164 valence electrons. The summed E-state index contributed by atoms with van der Waals surface area (Å²) in [5.74, 6) is 0.767. The average molecular weight is 473 g/mol. The van der Waals surface area contributed by atoms with Gasteiger partial charge in [-0.1, -0.05) is 54.2 Å². The van der Waals surface area contributed by atoms with Crippen molar-refractivity contribution in [3.05, 3.63) is 86.5 Å². The number of thioether (sulfide) groups is 1. The summed E-state index contributed by atoms with van der Waals surface area (Å²) in [5, 5.41) is 10.2. The summed E-state index contributed by atoms with van der Waals surface area (Å²) < 4.78 is 3.63. The van der Waals surface area contributed by atoms with Crippen LogP contribution in [-0.4, -0.2) is 30.7 Å². The van der Waals surface area contributed by atoms with Crippen LogP contribution in [-0.2, 0) is 12.8 Å². The quantitative estimate of drug-likeness (QED) is 0.270. The number of Topliss-reactive ketones (excluding diaryl/α,β-unsaturated/α-hetero) is 1. The highest BCUT2D eigenvalue weighted by atomic mass is 32.2. The Bertz CT molecular complexity index is 1600. The van der Waals surface area contributed by atoms with Gasteiger partial charge in [-0.05, 0) is 49.4 Å². The van der Waals surface area contributed by atoms with Crippen LogP contribution in [0.3, 0.4) is 0 Å². The van der Waals surface area contributed by atoms with E-state index in [4.69, 9.17) is 0 Å². The molecule has 8 heteroatoms. The van der Waals surface area contributed by atoms with Gasteiger partial charge in [0.15, 0.2) is 10.9 Å². The normalized spacial score (nSPS) is 13.1. The molecule has 6 rings (SSSR count). The van der Waals surface area contributed by atoms with Crippen molar-refractivity contribution in [3.8, 4) is 5.69 Å². The molecule has 0 unspecified atom stereocenters. The topological polar surface area (TPSA) is 69.3 Å². The molecule has 0 fully saturated rings. The van der Waals surface area contributed by atoms with Crippen LogP contribution in [0.2, 0.25) is 0 Å². The highest BCUT2D eigenvalue weighted by Crippen LogP contribution is 2.37. The summed E-state index contributed by atoms with van der Waals surface area (Å²) in [4.78, 5) is 28.6. The van der Waals surface area contributed by atoms with Crippen LogP contribution in [0, 0.1) is 6.92 Å². The number of rotatable bonds is 5. The Morgan fingerprint density at radius 3 is 2.76 bits per heavy atom. The molecule has 0 aliphatic heterocycles. The van der Waals surface area contributed by atoms with Crippen LogP contribution in [0.4, 0.5) is 0 Å². The van der Waals surface area contributed by atoms with Gasteiger partial charge < -0.3 is 0 Å². The fourth-order valence-corrected chi connectivity index (χ4v) is 6.75. The minimum atomic E-state index is -0.0492. The van der Waals surface area contributed by atoms with E-state index in [1.54, 1.807) is 15.9 Å². The van der Waals surface area contributed by atoms with Crippen molar-refractivity contribution in [1.29, 1.82) is 0 Å². The van der Waals surface area contributed by atoms with Crippen LogP contribution in [0.5, 0.6) is 0 Å². The van der Waals surface area contributed by atoms with Gasteiger partial charge in [-0.3, -0.25) is 9.59 Å². The molecular formula is C25H20N4O2S2. The number of nitrogens with zero attached hydrogens (tertiary/aromatic N) is 4. The highest BCUT2D eigenvalue weighted by molar-refractivity contribution is 7.99. The zero-order valence-electron chi connectivity index (χ0n) is 17.9. The molecule has 0 amide bonds. The molecule has 0 atom stereocenters. The van der Waals surface area contributed by atoms with E-state index in [2.05, 4.69) is 10.2 Å². The molecule has 5 aromatic rings. The monoisotopic (exact) mass is 472 g/mol. The maximum absolute atomic E-state index is 13.8. The molecule has 1 aliphatic rings. The fourth-order valence-electron chi connectivity index (χ4n) is 4.49. The van der Waals surface area contributed by atoms with Gasteiger partial charge in [0.25, 0.3) is 5.56 Å². The Morgan fingerprint density at radius 1 is 1.09 bits per heavy atom. The first-order valence-corrected chi connectivity index (χ1v) is 12.6. The predicted octanol–water partition coefficient (Wildman–Crippen LogP) is 4.87. The molecule has 3 heterocycles. The van der Waals surface area contributed by atoms with Crippen LogP contribution in [0.1, 0.15) is 32.8 Å². The number of fused-ring (bicyclic) bond motifs is 5. The first-order chi connectivity index (χ1) is 16.1. The first-order valence-electron chi connectivity index (χ1n) is 10.8. The summed E-state index contributed by atoms with van der Waals surface area (Å²) >= 11 is 3.02. The Labute approximate surface area is 197 Å². The third-order valence-corrected chi connectivity index (χ3v) is 8.23. The van der Waals surface area contributed by atoms with Crippen molar-refractivity contribution in [2.45, 2.75) is 31.3 Å². The molecule has 0 saturated carbocycles. The Kier molecular flexibility index (Phi) is 4.92. The van der Waals surface area contributed by atoms with E-state index < -0.39 is 0 Å². The van der Waals surface area contributed by atoms with Gasteiger partial charge in [-0.2, -0.15) is 0 Å². The summed E-state index contributed by atoms with van der Waals surface area (Å²) in [5.41, 5.74) is 3.63. The minimum Gasteiger partial charge on any atom is -0.293 e. The van der Waals surface area contributed by atoms with Gasteiger partial charge in [0, 0.05) is 10.4 Å². The average Bonchev–Trinajstić information content (AvgIpc) is 3.52. The molecule has 0 spiro atoms. The zero-order chi connectivity index (χ0) is 22.5. The summed E-state index contributed by atoms with van der Waals surface area (Å²) in [6.45, 7) is 2.01. The molecule has 3 aromatic heterocycles. The van der Waals surface area contributed by atoms with Crippen molar-refractivity contribution in [2.75, 3.05) is 5.75 Å². The number of aromatic nitrogens is 4. The smallest absolute Gasteiger partial charge is 0.268 e. The number of thiophene rings is 1. The zero-order valence-corrected chi connectivity index (χ0v) is 19.6. The number of hydrogen-bond acceptors (Lipinski definition) is 6. The number of aryl methyl sites for hydroxylation is 3. The lowest BCUT2D eigenvalue weighted by Gasteiger charge is -2.10. The third-order valence-electron chi connectivity index (χ3n) is 6.03. The van der Waals surface area contributed by atoms with Gasteiger partial charge in [-0.15, -0.1) is 21.5 Å². The number of hydrogen-bond donors (Lipinski definition) is 0. The predicted molar refractivity (Wildman–Crippen MR) is 132 cm³/mol. The van der Waals surface area contributed by atoms with Crippen LogP contribution in [0.15, 0.2) is 64.5 Å². The Balaban J connectivity index is 1.54. The lowest BCUT2D eigenvalue weighted by molar-refractivity contribution is 0.102. The minimum absolute atomic E-state index is 0.0364. The highest BCUT2D eigenvalue weighted by Gasteiger charge is 2.26. The largest absolute Gasteiger partial charge is 0.293 e. The number of benzene rings is 2. The van der Waals surface area contributed by atoms with E-state index in [1.165, 1.54) is 16.6 Å². The van der Waals surface area contributed by atoms with E-state index in [0.717, 1.165) is 46.3 Å². The van der Waals surface area contributed by atoms with Gasteiger partial charge in [0.05, 0.1) is 16.8 Å². The molecular weight excluding hydrogens is 452 g/mol. The van der Waals surface area contributed by atoms with Gasteiger partial charge in [0.1, 0.15) is 4.83 Å². The lowest BCUT2D eigenvalue weighted by atomic mass is 10.2. The van der Waals surface area contributed by atoms with Gasteiger partial charge in [0.2, 0.25) is 5.78 Å². The van der Waals surface area contributed by atoms with E-state index in [-0.39, 0.29) is 17.1 Å². The van der Waals surface area contributed by atoms with E-state index in [9.17, 15) is 9.59 Å². The second-order valence-electron chi connectivity index (χ2n) is 8.21. The van der Waals surface area contributed by atoms with Crippen molar-refractivity contribution >= 4 is 44.9 Å². The van der Waals surface area contributed by atoms with Crippen molar-refractivity contribution < 1.29 is 4.79 Å². The maximum atomic E-state index is 13.8. The maximum Gasteiger partial charge on any atom is 0.268 e. The molecule has 0 bridgehead atoms. The Morgan fingerprint density at radius 2 is 1.94 bits per heavy atom. The van der Waals surface area contributed by atoms with Gasteiger partial charge >= 0.3 is 0 Å². The SMILES string of the molecule is Cc1cccc(-n2c(=O)c3c4c(sc3n3c(SCC(=O)c5ccccc5)nnc23)CCC4)c1. The summed E-state index contributed by atoms with van der Waals surface area (Å²) in [6.07, 6.45) is 2.99. The molecule has 33 heavy (non-hydrogen) atoms. The second-order valence-corrected chi connectivity index (χ2v) is 10.2. The number of ketones is 1. The molecule has 1 aliphatic carbocycles. The van der Waals surface area contributed by atoms with Crippen LogP contribution >= 0.6 is 23.1 Å². The van der Waals surface area contributed by atoms with E-state index in [1.807, 2.05) is 65.9 Å². The number of carbonyl (C=O) groups is 1. The fraction of sp³-hybridized carbons (Fsp3) is 0.200. The van der Waals surface area contributed by atoms with Crippen LogP contribution in [0.25, 0.3) is 21.7 Å².